The molecule has 1 unspecified atom stereocenters. The van der Waals surface area contributed by atoms with Gasteiger partial charge in [-0.25, -0.2) is 19.3 Å². The normalized spacial score (nSPS) is 28.0. The van der Waals surface area contributed by atoms with Crippen LogP contribution < -0.4 is 5.69 Å². The van der Waals surface area contributed by atoms with Crippen LogP contribution in [0, 0.1) is 0 Å². The number of fused-ring (bicyclic) bond motifs is 1. The van der Waals surface area contributed by atoms with Crippen LogP contribution in [0.4, 0.5) is 0 Å². The molecule has 2 aromatic rings. The first-order valence-corrected chi connectivity index (χ1v) is 5.55. The number of aliphatic hydroxyl groups is 2. The highest BCUT2D eigenvalue weighted by atomic mass is 16.5. The monoisotopic (exact) mass is 252 g/mol. The van der Waals surface area contributed by atoms with Crippen molar-refractivity contribution in [3.8, 4) is 0 Å². The standard InChI is InChI=1S/C10H12N4O4/c15-3-7-6(16)1-8(18-7)14-9-5(13-10(14)17)2-11-4-12-9/h2,4,6-8,15-16H,1,3H2,(H,13,17)/t6?,7-,8-/m1/s1. The average Bonchev–Trinajstić information content (AvgIpc) is 2.88. The number of rotatable bonds is 2. The zero-order valence-electron chi connectivity index (χ0n) is 9.35. The fourth-order valence-electron chi connectivity index (χ4n) is 2.18. The molecule has 1 saturated heterocycles. The van der Waals surface area contributed by atoms with Gasteiger partial charge in [0.15, 0.2) is 5.65 Å². The number of nitrogens with zero attached hydrogens (tertiary/aromatic N) is 3. The smallest absolute Gasteiger partial charge is 0.329 e. The summed E-state index contributed by atoms with van der Waals surface area (Å²) in [6.07, 6.45) is 0.971. The van der Waals surface area contributed by atoms with E-state index in [1.807, 2.05) is 0 Å². The third kappa shape index (κ3) is 1.62. The average molecular weight is 252 g/mol. The van der Waals surface area contributed by atoms with E-state index in [9.17, 15) is 9.90 Å². The molecular weight excluding hydrogens is 240 g/mol. The van der Waals surface area contributed by atoms with E-state index in [1.165, 1.54) is 17.1 Å². The maximum atomic E-state index is 11.8. The van der Waals surface area contributed by atoms with Crippen LogP contribution >= 0.6 is 0 Å². The van der Waals surface area contributed by atoms with Gasteiger partial charge < -0.3 is 19.9 Å². The van der Waals surface area contributed by atoms with Gasteiger partial charge in [-0.3, -0.25) is 0 Å². The Labute approximate surface area is 101 Å². The third-order valence-electron chi connectivity index (χ3n) is 3.05. The van der Waals surface area contributed by atoms with E-state index in [-0.39, 0.29) is 18.7 Å². The van der Waals surface area contributed by atoms with Crippen LogP contribution in [-0.4, -0.2) is 48.5 Å². The second kappa shape index (κ2) is 4.16. The SMILES string of the molecule is O=c1[nH]c2cncnc2n1[C@H]1CC(O)[C@@H](CO)O1. The molecule has 0 aliphatic carbocycles. The maximum absolute atomic E-state index is 11.8. The molecule has 18 heavy (non-hydrogen) atoms. The zero-order valence-corrected chi connectivity index (χ0v) is 9.35. The molecule has 8 heteroatoms. The van der Waals surface area contributed by atoms with Crippen molar-refractivity contribution in [2.75, 3.05) is 6.61 Å². The molecule has 0 radical (unpaired) electrons. The highest BCUT2D eigenvalue weighted by Gasteiger charge is 2.36. The summed E-state index contributed by atoms with van der Waals surface area (Å²) in [5.74, 6) is 0. The summed E-state index contributed by atoms with van der Waals surface area (Å²) in [5.41, 5.74) is 0.556. The Kier molecular flexibility index (Phi) is 2.62. The van der Waals surface area contributed by atoms with Gasteiger partial charge in [-0.1, -0.05) is 0 Å². The number of aliphatic hydroxyl groups excluding tert-OH is 2. The van der Waals surface area contributed by atoms with Crippen LogP contribution in [0.3, 0.4) is 0 Å². The zero-order chi connectivity index (χ0) is 12.7. The van der Waals surface area contributed by atoms with Crippen LogP contribution in [0.2, 0.25) is 0 Å². The topological polar surface area (TPSA) is 113 Å². The number of ether oxygens (including phenoxy) is 1. The highest BCUT2D eigenvalue weighted by molar-refractivity contribution is 5.68. The van der Waals surface area contributed by atoms with Crippen molar-refractivity contribution < 1.29 is 14.9 Å². The lowest BCUT2D eigenvalue weighted by molar-refractivity contribution is -0.0441. The van der Waals surface area contributed by atoms with Gasteiger partial charge in [0.25, 0.3) is 0 Å². The number of hydrogen-bond donors (Lipinski definition) is 3. The van der Waals surface area contributed by atoms with Gasteiger partial charge in [0.2, 0.25) is 0 Å². The van der Waals surface area contributed by atoms with Crippen LogP contribution in [0.15, 0.2) is 17.3 Å². The minimum absolute atomic E-state index is 0.238. The van der Waals surface area contributed by atoms with Crippen molar-refractivity contribution in [3.63, 3.8) is 0 Å². The number of hydrogen-bond acceptors (Lipinski definition) is 6. The van der Waals surface area contributed by atoms with Gasteiger partial charge in [0.1, 0.15) is 24.2 Å². The summed E-state index contributed by atoms with van der Waals surface area (Å²) in [6.45, 7) is -0.288. The lowest BCUT2D eigenvalue weighted by atomic mass is 10.2. The third-order valence-corrected chi connectivity index (χ3v) is 3.05. The van der Waals surface area contributed by atoms with Crippen LogP contribution in [0.5, 0.6) is 0 Å². The largest absolute Gasteiger partial charge is 0.394 e. The molecule has 0 spiro atoms. The second-order valence-electron chi connectivity index (χ2n) is 4.17. The van der Waals surface area contributed by atoms with Crippen molar-refractivity contribution in [2.24, 2.45) is 0 Å². The Bertz CT molecular complexity index is 622. The molecule has 3 N–H and O–H groups in total. The number of nitrogens with one attached hydrogen (secondary N) is 1. The summed E-state index contributed by atoms with van der Waals surface area (Å²) < 4.78 is 6.77. The lowest BCUT2D eigenvalue weighted by Crippen LogP contribution is -2.25. The van der Waals surface area contributed by atoms with E-state index in [1.54, 1.807) is 0 Å². The minimum Gasteiger partial charge on any atom is -0.394 e. The summed E-state index contributed by atoms with van der Waals surface area (Å²) in [6, 6.07) is 0. The molecule has 1 aliphatic heterocycles. The van der Waals surface area contributed by atoms with E-state index in [4.69, 9.17) is 9.84 Å². The summed E-state index contributed by atoms with van der Waals surface area (Å²) in [4.78, 5) is 22.3. The first-order chi connectivity index (χ1) is 8.70. The number of aromatic amines is 1. The van der Waals surface area contributed by atoms with Crippen molar-refractivity contribution in [1.29, 1.82) is 0 Å². The number of aromatic nitrogens is 4. The molecule has 3 rings (SSSR count). The molecule has 8 nitrogen and oxygen atoms in total. The fraction of sp³-hybridized carbons (Fsp3) is 0.500. The van der Waals surface area contributed by atoms with Crippen LogP contribution in [0.25, 0.3) is 11.2 Å². The molecule has 2 aromatic heterocycles. The first-order valence-electron chi connectivity index (χ1n) is 5.55. The van der Waals surface area contributed by atoms with Gasteiger partial charge in [-0.2, -0.15) is 0 Å². The van der Waals surface area contributed by atoms with Crippen molar-refractivity contribution >= 4 is 11.2 Å². The molecule has 0 aromatic carbocycles. The Hall–Kier alpha value is -1.77. The highest BCUT2D eigenvalue weighted by Crippen LogP contribution is 2.28. The van der Waals surface area contributed by atoms with E-state index in [2.05, 4.69) is 15.0 Å². The van der Waals surface area contributed by atoms with Crippen molar-refractivity contribution in [1.82, 2.24) is 19.5 Å². The Morgan fingerprint density at radius 1 is 1.61 bits per heavy atom. The molecule has 3 heterocycles. The Morgan fingerprint density at radius 2 is 2.44 bits per heavy atom. The number of H-pyrrole nitrogens is 1. The summed E-state index contributed by atoms with van der Waals surface area (Å²) in [7, 11) is 0. The predicted octanol–water partition coefficient (Wildman–Crippen LogP) is -1.24. The maximum Gasteiger partial charge on any atom is 0.329 e. The summed E-state index contributed by atoms with van der Waals surface area (Å²) >= 11 is 0. The fourth-order valence-corrected chi connectivity index (χ4v) is 2.18. The molecule has 1 aliphatic rings. The second-order valence-corrected chi connectivity index (χ2v) is 4.17. The van der Waals surface area contributed by atoms with E-state index in [0.717, 1.165) is 0 Å². The molecule has 3 atom stereocenters. The van der Waals surface area contributed by atoms with Gasteiger partial charge in [-0.15, -0.1) is 0 Å². The summed E-state index contributed by atoms with van der Waals surface area (Å²) in [5, 5.41) is 18.7. The molecule has 1 fully saturated rings. The van der Waals surface area contributed by atoms with Crippen LogP contribution in [-0.2, 0) is 4.74 Å². The molecule has 0 amide bonds. The van der Waals surface area contributed by atoms with Crippen molar-refractivity contribution in [2.45, 2.75) is 24.9 Å². The van der Waals surface area contributed by atoms with Crippen molar-refractivity contribution in [3.05, 3.63) is 23.0 Å². The molecular formula is C10H12N4O4. The van der Waals surface area contributed by atoms with Crippen LogP contribution in [0.1, 0.15) is 12.6 Å². The van der Waals surface area contributed by atoms with Gasteiger partial charge in [-0.05, 0) is 0 Å². The quantitative estimate of drug-likeness (QED) is 0.616. The molecule has 0 bridgehead atoms. The van der Waals surface area contributed by atoms with E-state index < -0.39 is 18.4 Å². The Balaban J connectivity index is 2.05. The molecule has 96 valence electrons. The van der Waals surface area contributed by atoms with E-state index >= 15 is 0 Å². The predicted molar refractivity (Wildman–Crippen MR) is 59.8 cm³/mol. The Morgan fingerprint density at radius 3 is 3.17 bits per heavy atom. The van der Waals surface area contributed by atoms with Gasteiger partial charge in [0, 0.05) is 6.42 Å². The van der Waals surface area contributed by atoms with Gasteiger partial charge in [0.05, 0.1) is 18.9 Å². The first kappa shape index (κ1) is 11.3. The van der Waals surface area contributed by atoms with Gasteiger partial charge >= 0.3 is 5.69 Å². The minimum atomic E-state index is -0.793. The van der Waals surface area contributed by atoms with E-state index in [0.29, 0.717) is 11.2 Å². The number of imidazole rings is 1. The molecule has 0 saturated carbocycles. The lowest BCUT2D eigenvalue weighted by Gasteiger charge is -2.12.